The highest BCUT2D eigenvalue weighted by Crippen LogP contribution is 2.27. The van der Waals surface area contributed by atoms with E-state index < -0.39 is 21.8 Å². The molecule has 2 N–H and O–H groups in total. The van der Waals surface area contributed by atoms with Gasteiger partial charge in [-0.1, -0.05) is 18.6 Å². The number of fused-ring (bicyclic) bond motifs is 2. The van der Waals surface area contributed by atoms with E-state index in [1.807, 2.05) is 6.07 Å². The van der Waals surface area contributed by atoms with Crippen molar-refractivity contribution < 1.29 is 18.0 Å². The molecule has 158 valence electrons. The second-order valence-electron chi connectivity index (χ2n) is 7.58. The minimum atomic E-state index is -3.97. The van der Waals surface area contributed by atoms with Gasteiger partial charge in [0.1, 0.15) is 5.82 Å². The van der Waals surface area contributed by atoms with E-state index in [2.05, 4.69) is 24.8 Å². The summed E-state index contributed by atoms with van der Waals surface area (Å²) in [5.74, 6) is 0.527. The van der Waals surface area contributed by atoms with Gasteiger partial charge in [-0.3, -0.25) is 19.6 Å². The maximum Gasteiger partial charge on any atom is 0.261 e. The highest BCUT2D eigenvalue weighted by molar-refractivity contribution is 7.92. The molecule has 0 bridgehead atoms. The third-order valence-corrected chi connectivity index (χ3v) is 6.88. The summed E-state index contributed by atoms with van der Waals surface area (Å²) in [4.78, 5) is 23.5. The number of aryl methyl sites for hydroxylation is 1. The minimum absolute atomic E-state index is 0.0489. The third-order valence-electron chi connectivity index (χ3n) is 5.50. The first kappa shape index (κ1) is 19.4. The molecule has 31 heavy (non-hydrogen) atoms. The van der Waals surface area contributed by atoms with Crippen LogP contribution in [0.1, 0.15) is 45.8 Å². The van der Waals surface area contributed by atoms with Crippen LogP contribution in [0.25, 0.3) is 11.4 Å². The molecule has 9 nitrogen and oxygen atoms in total. The molecule has 10 heteroatoms. The first-order valence-corrected chi connectivity index (χ1v) is 11.5. The fraction of sp³-hybridized carbons (Fsp3) is 0.238. The number of imide groups is 1. The SMILES string of the molecule is O=C1NC(=O)c2cc(S(=O)(=O)Nc3cccc(-c4nnc5n4CCCCC5)c3)ccc21. The number of nitrogens with one attached hydrogen (secondary N) is 2. The fourth-order valence-corrected chi connectivity index (χ4v) is 5.02. The zero-order valence-electron chi connectivity index (χ0n) is 16.5. The van der Waals surface area contributed by atoms with Gasteiger partial charge in [0.05, 0.1) is 16.0 Å². The van der Waals surface area contributed by atoms with Crippen LogP contribution in [0, 0.1) is 0 Å². The summed E-state index contributed by atoms with van der Waals surface area (Å²) in [6.45, 7) is 0.837. The predicted octanol–water partition coefficient (Wildman–Crippen LogP) is 2.36. The Hall–Kier alpha value is -3.53. The number of anilines is 1. The molecule has 0 fully saturated rings. The van der Waals surface area contributed by atoms with Crippen LogP contribution in [0.15, 0.2) is 47.4 Å². The monoisotopic (exact) mass is 437 g/mol. The Morgan fingerprint density at radius 1 is 0.935 bits per heavy atom. The molecule has 2 amide bonds. The Kier molecular flexibility index (Phi) is 4.58. The molecule has 3 aromatic rings. The van der Waals surface area contributed by atoms with Gasteiger partial charge in [-0.25, -0.2) is 8.42 Å². The molecule has 5 rings (SSSR count). The molecular formula is C21H19N5O4S. The van der Waals surface area contributed by atoms with Crippen molar-refractivity contribution in [1.82, 2.24) is 20.1 Å². The second-order valence-corrected chi connectivity index (χ2v) is 9.26. The number of aromatic nitrogens is 3. The molecule has 0 aliphatic carbocycles. The summed E-state index contributed by atoms with van der Waals surface area (Å²) in [7, 11) is -3.97. The number of carbonyl (C=O) groups excluding carboxylic acids is 2. The van der Waals surface area contributed by atoms with Gasteiger partial charge in [-0.05, 0) is 43.2 Å². The van der Waals surface area contributed by atoms with Gasteiger partial charge >= 0.3 is 0 Å². The van der Waals surface area contributed by atoms with Crippen molar-refractivity contribution in [2.75, 3.05) is 4.72 Å². The lowest BCUT2D eigenvalue weighted by Gasteiger charge is -2.11. The quantitative estimate of drug-likeness (QED) is 0.604. The average molecular weight is 437 g/mol. The van der Waals surface area contributed by atoms with Crippen LogP contribution in [0.4, 0.5) is 5.69 Å². The standard InChI is InChI=1S/C21H19N5O4S/c27-20-16-9-8-15(12-17(16)21(28)22-20)31(29,30)25-14-6-4-5-13(11-14)19-24-23-18-7-2-1-3-10-26(18)19/h4-6,8-9,11-12,25H,1-3,7,10H2,(H,22,27,28). The summed E-state index contributed by atoms with van der Waals surface area (Å²) < 4.78 is 30.4. The van der Waals surface area contributed by atoms with Crippen LogP contribution in [0.5, 0.6) is 0 Å². The van der Waals surface area contributed by atoms with Crippen molar-refractivity contribution in [1.29, 1.82) is 0 Å². The van der Waals surface area contributed by atoms with E-state index >= 15 is 0 Å². The van der Waals surface area contributed by atoms with Crippen LogP contribution in [-0.2, 0) is 23.0 Å². The Labute approximate surface area is 178 Å². The van der Waals surface area contributed by atoms with Gasteiger partial charge in [-0.2, -0.15) is 0 Å². The average Bonchev–Trinajstić information content (AvgIpc) is 3.18. The van der Waals surface area contributed by atoms with E-state index in [0.29, 0.717) is 11.5 Å². The lowest BCUT2D eigenvalue weighted by molar-refractivity contribution is 0.0879. The molecule has 0 atom stereocenters. The molecule has 2 aromatic carbocycles. The minimum Gasteiger partial charge on any atom is -0.311 e. The molecule has 0 radical (unpaired) electrons. The number of carbonyl (C=O) groups is 2. The van der Waals surface area contributed by atoms with E-state index in [0.717, 1.165) is 43.6 Å². The van der Waals surface area contributed by atoms with Gasteiger partial charge in [-0.15, -0.1) is 10.2 Å². The number of amides is 2. The van der Waals surface area contributed by atoms with Crippen molar-refractivity contribution in [2.24, 2.45) is 0 Å². The largest absolute Gasteiger partial charge is 0.311 e. The number of benzene rings is 2. The summed E-state index contributed by atoms with van der Waals surface area (Å²) in [5.41, 5.74) is 1.34. The zero-order valence-corrected chi connectivity index (χ0v) is 17.3. The van der Waals surface area contributed by atoms with Crippen molar-refractivity contribution in [3.8, 4) is 11.4 Å². The van der Waals surface area contributed by atoms with Crippen LogP contribution >= 0.6 is 0 Å². The predicted molar refractivity (Wildman–Crippen MR) is 112 cm³/mol. The Morgan fingerprint density at radius 3 is 2.65 bits per heavy atom. The summed E-state index contributed by atoms with van der Waals surface area (Å²) in [6.07, 6.45) is 4.17. The van der Waals surface area contributed by atoms with E-state index in [1.54, 1.807) is 18.2 Å². The van der Waals surface area contributed by atoms with Crippen LogP contribution in [-0.4, -0.2) is 35.0 Å². The Morgan fingerprint density at radius 2 is 1.77 bits per heavy atom. The van der Waals surface area contributed by atoms with Gasteiger partial charge in [0, 0.05) is 24.2 Å². The number of rotatable bonds is 4. The van der Waals surface area contributed by atoms with Crippen molar-refractivity contribution in [3.63, 3.8) is 0 Å². The van der Waals surface area contributed by atoms with E-state index in [9.17, 15) is 18.0 Å². The van der Waals surface area contributed by atoms with Crippen LogP contribution < -0.4 is 10.0 Å². The summed E-state index contributed by atoms with van der Waals surface area (Å²) in [5, 5.41) is 10.8. The smallest absolute Gasteiger partial charge is 0.261 e. The summed E-state index contributed by atoms with van der Waals surface area (Å²) >= 11 is 0. The topological polar surface area (TPSA) is 123 Å². The maximum atomic E-state index is 12.9. The lowest BCUT2D eigenvalue weighted by Crippen LogP contribution is -2.19. The Bertz CT molecular complexity index is 1330. The maximum absolute atomic E-state index is 12.9. The number of sulfonamides is 1. The van der Waals surface area contributed by atoms with E-state index in [-0.39, 0.29) is 16.0 Å². The third kappa shape index (κ3) is 3.48. The Balaban J connectivity index is 1.45. The second kappa shape index (κ2) is 7.31. The molecule has 0 saturated carbocycles. The fourth-order valence-electron chi connectivity index (χ4n) is 3.95. The molecular weight excluding hydrogens is 418 g/mol. The van der Waals surface area contributed by atoms with Crippen molar-refractivity contribution in [2.45, 2.75) is 37.1 Å². The van der Waals surface area contributed by atoms with Gasteiger partial charge < -0.3 is 4.57 Å². The van der Waals surface area contributed by atoms with E-state index in [4.69, 9.17) is 0 Å². The molecule has 0 unspecified atom stereocenters. The van der Waals surface area contributed by atoms with Gasteiger partial charge in [0.2, 0.25) is 0 Å². The van der Waals surface area contributed by atoms with Gasteiger partial charge in [0.25, 0.3) is 21.8 Å². The number of hydrogen-bond donors (Lipinski definition) is 2. The molecule has 0 saturated heterocycles. The van der Waals surface area contributed by atoms with Crippen molar-refractivity contribution >= 4 is 27.5 Å². The van der Waals surface area contributed by atoms with Crippen molar-refractivity contribution in [3.05, 3.63) is 59.4 Å². The molecule has 2 aliphatic heterocycles. The lowest BCUT2D eigenvalue weighted by atomic mass is 10.1. The van der Waals surface area contributed by atoms with Crippen LogP contribution in [0.2, 0.25) is 0 Å². The first-order chi connectivity index (χ1) is 14.9. The molecule has 1 aromatic heterocycles. The molecule has 2 aliphatic rings. The first-order valence-electron chi connectivity index (χ1n) is 9.97. The zero-order chi connectivity index (χ0) is 21.6. The molecule has 3 heterocycles. The number of hydrogen-bond acceptors (Lipinski definition) is 6. The normalized spacial score (nSPS) is 15.7. The highest BCUT2D eigenvalue weighted by atomic mass is 32.2. The van der Waals surface area contributed by atoms with Crippen LogP contribution in [0.3, 0.4) is 0 Å². The highest BCUT2D eigenvalue weighted by Gasteiger charge is 2.29. The number of nitrogens with zero attached hydrogens (tertiary/aromatic N) is 3. The molecule has 0 spiro atoms. The summed E-state index contributed by atoms with van der Waals surface area (Å²) in [6, 6.07) is 10.8. The van der Waals surface area contributed by atoms with Gasteiger partial charge in [0.15, 0.2) is 5.82 Å². The van der Waals surface area contributed by atoms with E-state index in [1.165, 1.54) is 18.2 Å².